The molecule has 2 heterocycles. The highest BCUT2D eigenvalue weighted by molar-refractivity contribution is 5.91. The van der Waals surface area contributed by atoms with Crippen molar-refractivity contribution in [1.82, 2.24) is 0 Å². The first-order valence-corrected chi connectivity index (χ1v) is 10.8. The molecule has 174 valence electrons. The van der Waals surface area contributed by atoms with Gasteiger partial charge in [-0.2, -0.15) is 0 Å². The molecule has 7 heteroatoms. The van der Waals surface area contributed by atoms with E-state index in [-0.39, 0.29) is 6.10 Å². The van der Waals surface area contributed by atoms with E-state index in [0.717, 1.165) is 5.56 Å². The van der Waals surface area contributed by atoms with Gasteiger partial charge in [-0.05, 0) is 60.6 Å². The topological polar surface area (TPSA) is 83.5 Å². The second kappa shape index (κ2) is 11.8. The minimum atomic E-state index is -0.630. The van der Waals surface area contributed by atoms with Crippen LogP contribution >= 0.6 is 0 Å². The standard InChI is InChI=1S/C28H20O7/c1-2-3-4-5-6-7-17-31-22-12-8-20(9-13-22)27(30)34-23-14-10-21(11-15-23)28-33-19-25-26(35-28)24(29)16-18-32-25/h1,8-15,24-26,28-29H,16,18-19H2/t24-,25+,26-,28+/m1/s1. The first kappa shape index (κ1) is 23.9. The summed E-state index contributed by atoms with van der Waals surface area (Å²) in [5.74, 6) is 14.6. The average molecular weight is 468 g/mol. The van der Waals surface area contributed by atoms with Crippen LogP contribution in [0.4, 0.5) is 0 Å². The molecule has 0 saturated carbocycles. The first-order valence-electron chi connectivity index (χ1n) is 10.8. The molecule has 4 rings (SSSR count). The summed E-state index contributed by atoms with van der Waals surface area (Å²) in [5.41, 5.74) is 1.09. The van der Waals surface area contributed by atoms with Crippen LogP contribution in [-0.4, -0.2) is 42.6 Å². The summed E-state index contributed by atoms with van der Waals surface area (Å²) in [6.07, 6.45) is 6.00. The van der Waals surface area contributed by atoms with E-state index >= 15 is 0 Å². The summed E-state index contributed by atoms with van der Waals surface area (Å²) in [6, 6.07) is 13.1. The highest BCUT2D eigenvalue weighted by Gasteiger charge is 2.40. The number of benzene rings is 2. The minimum Gasteiger partial charge on any atom is -0.423 e. The van der Waals surface area contributed by atoms with E-state index in [0.29, 0.717) is 36.7 Å². The Balaban J connectivity index is 1.30. The van der Waals surface area contributed by atoms with E-state index in [1.165, 1.54) is 0 Å². The van der Waals surface area contributed by atoms with Crippen LogP contribution in [-0.2, 0) is 14.2 Å². The zero-order valence-corrected chi connectivity index (χ0v) is 18.5. The summed E-state index contributed by atoms with van der Waals surface area (Å²) in [6.45, 7) is 0.825. The number of ether oxygens (including phenoxy) is 5. The molecule has 2 aliphatic rings. The zero-order chi connectivity index (χ0) is 24.5. The Morgan fingerprint density at radius 2 is 1.66 bits per heavy atom. The van der Waals surface area contributed by atoms with E-state index in [4.69, 9.17) is 30.1 Å². The second-order valence-corrected chi connectivity index (χ2v) is 7.49. The van der Waals surface area contributed by atoms with E-state index in [2.05, 4.69) is 41.6 Å². The number of fused-ring (bicyclic) bond motifs is 1. The number of rotatable bonds is 4. The van der Waals surface area contributed by atoms with Gasteiger partial charge in [0.15, 0.2) is 6.29 Å². The van der Waals surface area contributed by atoms with Crippen molar-refractivity contribution in [1.29, 1.82) is 0 Å². The molecule has 0 aliphatic carbocycles. The van der Waals surface area contributed by atoms with Crippen LogP contribution in [0.2, 0.25) is 0 Å². The Labute approximate surface area is 203 Å². The highest BCUT2D eigenvalue weighted by atomic mass is 16.7. The van der Waals surface area contributed by atoms with Gasteiger partial charge in [-0.3, -0.25) is 0 Å². The number of esters is 1. The van der Waals surface area contributed by atoms with E-state index in [1.807, 2.05) is 0 Å². The Morgan fingerprint density at radius 3 is 2.43 bits per heavy atom. The summed E-state index contributed by atoms with van der Waals surface area (Å²) < 4.78 is 27.9. The molecule has 2 saturated heterocycles. The van der Waals surface area contributed by atoms with Crippen molar-refractivity contribution in [2.75, 3.05) is 13.2 Å². The van der Waals surface area contributed by atoms with Crippen molar-refractivity contribution in [3.8, 4) is 59.6 Å². The molecule has 35 heavy (non-hydrogen) atoms. The molecule has 0 unspecified atom stereocenters. The van der Waals surface area contributed by atoms with Crippen LogP contribution in [0.5, 0.6) is 11.5 Å². The maximum atomic E-state index is 12.5. The normalized spacial score (nSPS) is 22.3. The van der Waals surface area contributed by atoms with Gasteiger partial charge in [0.25, 0.3) is 0 Å². The number of aliphatic hydroxyl groups excluding tert-OH is 1. The number of carbonyl (C=O) groups is 1. The van der Waals surface area contributed by atoms with Gasteiger partial charge >= 0.3 is 5.97 Å². The maximum Gasteiger partial charge on any atom is 0.343 e. The van der Waals surface area contributed by atoms with Crippen LogP contribution < -0.4 is 9.47 Å². The lowest BCUT2D eigenvalue weighted by Crippen LogP contribution is -2.52. The summed E-state index contributed by atoms with van der Waals surface area (Å²) in [4.78, 5) is 12.5. The second-order valence-electron chi connectivity index (χ2n) is 7.49. The minimum absolute atomic E-state index is 0.271. The summed E-state index contributed by atoms with van der Waals surface area (Å²) >= 11 is 0. The van der Waals surface area contributed by atoms with Gasteiger partial charge in [-0.1, -0.05) is 12.1 Å². The SMILES string of the molecule is C#CC#CC#CC#COc1ccc(C(=O)Oc2ccc([C@H]3OC[C@@H]4OCC[C@@H](O)[C@H]4O3)cc2)cc1. The predicted octanol–water partition coefficient (Wildman–Crippen LogP) is 2.45. The van der Waals surface area contributed by atoms with Gasteiger partial charge in [0, 0.05) is 29.9 Å². The third-order valence-electron chi connectivity index (χ3n) is 5.18. The van der Waals surface area contributed by atoms with E-state index < -0.39 is 24.5 Å². The number of aliphatic hydroxyl groups is 1. The van der Waals surface area contributed by atoms with Crippen molar-refractivity contribution >= 4 is 5.97 Å². The Kier molecular flexibility index (Phi) is 8.05. The monoisotopic (exact) mass is 468 g/mol. The Morgan fingerprint density at radius 1 is 0.943 bits per heavy atom. The Hall–Kier alpha value is -4.21. The molecule has 7 nitrogen and oxygen atoms in total. The van der Waals surface area contributed by atoms with Crippen LogP contribution in [0.25, 0.3) is 0 Å². The van der Waals surface area contributed by atoms with Gasteiger partial charge in [0.1, 0.15) is 29.8 Å². The summed E-state index contributed by atoms with van der Waals surface area (Å²) in [7, 11) is 0. The third kappa shape index (κ3) is 6.44. The molecule has 1 N–H and O–H groups in total. The van der Waals surface area contributed by atoms with Crippen LogP contribution in [0.15, 0.2) is 48.5 Å². The van der Waals surface area contributed by atoms with E-state index in [1.54, 1.807) is 48.5 Å². The molecule has 4 atom stereocenters. The molecule has 2 aromatic carbocycles. The Bertz CT molecular complexity index is 1270. The fraction of sp³-hybridized carbons (Fsp3) is 0.250. The van der Waals surface area contributed by atoms with Crippen molar-refractivity contribution in [3.63, 3.8) is 0 Å². The molecule has 0 radical (unpaired) electrons. The smallest absolute Gasteiger partial charge is 0.343 e. The van der Waals surface area contributed by atoms with Crippen molar-refractivity contribution in [3.05, 3.63) is 59.7 Å². The maximum absolute atomic E-state index is 12.5. The zero-order valence-electron chi connectivity index (χ0n) is 18.5. The van der Waals surface area contributed by atoms with Crippen molar-refractivity contribution in [2.24, 2.45) is 0 Å². The molecular weight excluding hydrogens is 448 g/mol. The van der Waals surface area contributed by atoms with Gasteiger partial charge < -0.3 is 28.8 Å². The van der Waals surface area contributed by atoms with Crippen LogP contribution in [0, 0.1) is 48.1 Å². The quantitative estimate of drug-likeness (QED) is 0.419. The summed E-state index contributed by atoms with van der Waals surface area (Å²) in [5, 5.41) is 10.2. The number of terminal acetylenes is 1. The molecule has 2 fully saturated rings. The molecule has 2 aromatic rings. The van der Waals surface area contributed by atoms with Gasteiger partial charge in [-0.15, -0.1) is 6.42 Å². The van der Waals surface area contributed by atoms with Crippen molar-refractivity contribution < 1.29 is 33.6 Å². The lowest BCUT2D eigenvalue weighted by atomic mass is 10.0. The lowest BCUT2D eigenvalue weighted by Gasteiger charge is -2.41. The highest BCUT2D eigenvalue weighted by Crippen LogP contribution is 2.32. The fourth-order valence-corrected chi connectivity index (χ4v) is 3.47. The van der Waals surface area contributed by atoms with Gasteiger partial charge in [0.2, 0.25) is 0 Å². The molecule has 2 aliphatic heterocycles. The number of hydrogen-bond acceptors (Lipinski definition) is 7. The molecule has 0 bridgehead atoms. The fourth-order valence-electron chi connectivity index (χ4n) is 3.47. The predicted molar refractivity (Wildman–Crippen MR) is 125 cm³/mol. The average Bonchev–Trinajstić information content (AvgIpc) is 2.89. The molecule has 0 aromatic heterocycles. The van der Waals surface area contributed by atoms with Gasteiger partial charge in [-0.25, -0.2) is 4.79 Å². The largest absolute Gasteiger partial charge is 0.423 e. The number of carbonyl (C=O) groups excluding carboxylic acids is 1. The van der Waals surface area contributed by atoms with Gasteiger partial charge in [0.05, 0.1) is 18.3 Å². The van der Waals surface area contributed by atoms with E-state index in [9.17, 15) is 9.90 Å². The third-order valence-corrected chi connectivity index (χ3v) is 5.18. The molecular formula is C28H20O7. The van der Waals surface area contributed by atoms with Crippen LogP contribution in [0.3, 0.4) is 0 Å². The van der Waals surface area contributed by atoms with Crippen molar-refractivity contribution in [2.45, 2.75) is 31.0 Å². The first-order chi connectivity index (χ1) is 17.1. The number of hydrogen-bond donors (Lipinski definition) is 1. The molecule has 0 amide bonds. The van der Waals surface area contributed by atoms with Crippen LogP contribution in [0.1, 0.15) is 28.6 Å². The lowest BCUT2D eigenvalue weighted by molar-refractivity contribution is -0.298. The molecule has 0 spiro atoms.